The van der Waals surface area contributed by atoms with E-state index in [4.69, 9.17) is 16.7 Å². The minimum Gasteiger partial charge on any atom is -0.478 e. The van der Waals surface area contributed by atoms with Gasteiger partial charge in [-0.15, -0.1) is 0 Å². The van der Waals surface area contributed by atoms with E-state index in [9.17, 15) is 9.18 Å². The zero-order chi connectivity index (χ0) is 9.84. The minimum atomic E-state index is -1.50. The Bertz CT molecular complexity index is 316. The first-order valence-electron chi connectivity index (χ1n) is 3.38. The standard InChI is InChI=1S/C8H6ClFO3/c9-7(8(11)12)13-6-3-1-2-5(10)4-6/h1-4,7H,(H,11,12). The number of rotatable bonds is 3. The number of hydrogen-bond donors (Lipinski definition) is 1. The molecule has 1 aromatic carbocycles. The summed E-state index contributed by atoms with van der Waals surface area (Å²) in [7, 11) is 0. The molecular formula is C8H6ClFO3. The SMILES string of the molecule is O=C(O)C(Cl)Oc1cccc(F)c1. The molecule has 0 aliphatic heterocycles. The van der Waals surface area contributed by atoms with Crippen LogP contribution in [0.4, 0.5) is 4.39 Å². The summed E-state index contributed by atoms with van der Waals surface area (Å²) in [4.78, 5) is 10.2. The fourth-order valence-electron chi connectivity index (χ4n) is 0.710. The van der Waals surface area contributed by atoms with Crippen molar-refractivity contribution in [3.8, 4) is 5.75 Å². The molecule has 1 rings (SSSR count). The quantitative estimate of drug-likeness (QED) is 0.765. The molecule has 0 heterocycles. The Morgan fingerprint density at radius 2 is 2.31 bits per heavy atom. The van der Waals surface area contributed by atoms with Crippen LogP contribution in [0.5, 0.6) is 5.75 Å². The number of carboxylic acid groups (broad SMARTS) is 1. The summed E-state index contributed by atoms with van der Waals surface area (Å²) >= 11 is 5.26. The first-order valence-corrected chi connectivity index (χ1v) is 3.82. The summed E-state index contributed by atoms with van der Waals surface area (Å²) in [6, 6.07) is 5.09. The van der Waals surface area contributed by atoms with Gasteiger partial charge in [0, 0.05) is 6.07 Å². The largest absolute Gasteiger partial charge is 0.478 e. The number of carboxylic acids is 1. The normalized spacial score (nSPS) is 12.2. The van der Waals surface area contributed by atoms with E-state index in [1.807, 2.05) is 0 Å². The third-order valence-corrected chi connectivity index (χ3v) is 1.51. The van der Waals surface area contributed by atoms with Gasteiger partial charge in [-0.3, -0.25) is 0 Å². The van der Waals surface area contributed by atoms with E-state index in [1.165, 1.54) is 18.2 Å². The van der Waals surface area contributed by atoms with E-state index in [1.54, 1.807) is 0 Å². The van der Waals surface area contributed by atoms with Gasteiger partial charge in [0.1, 0.15) is 11.6 Å². The highest BCUT2D eigenvalue weighted by Gasteiger charge is 2.14. The molecule has 13 heavy (non-hydrogen) atoms. The van der Waals surface area contributed by atoms with Crippen LogP contribution < -0.4 is 4.74 Å². The molecule has 0 fully saturated rings. The fraction of sp³-hybridized carbons (Fsp3) is 0.125. The molecule has 0 aromatic heterocycles. The molecule has 0 amide bonds. The molecule has 70 valence electrons. The number of hydrogen-bond acceptors (Lipinski definition) is 2. The van der Waals surface area contributed by atoms with Crippen molar-refractivity contribution in [3.05, 3.63) is 30.1 Å². The first kappa shape index (κ1) is 9.80. The van der Waals surface area contributed by atoms with Gasteiger partial charge in [-0.05, 0) is 12.1 Å². The predicted octanol–water partition coefficient (Wildman–Crippen LogP) is 1.85. The van der Waals surface area contributed by atoms with Gasteiger partial charge in [0.05, 0.1) is 0 Å². The van der Waals surface area contributed by atoms with Crippen LogP contribution in [0.2, 0.25) is 0 Å². The van der Waals surface area contributed by atoms with Crippen LogP contribution in [0, 0.1) is 5.82 Å². The molecule has 1 unspecified atom stereocenters. The highest BCUT2D eigenvalue weighted by Crippen LogP contribution is 2.15. The number of carbonyl (C=O) groups is 1. The van der Waals surface area contributed by atoms with E-state index in [-0.39, 0.29) is 5.75 Å². The van der Waals surface area contributed by atoms with E-state index < -0.39 is 17.3 Å². The summed E-state index contributed by atoms with van der Waals surface area (Å²) in [5, 5.41) is 8.36. The van der Waals surface area contributed by atoms with Gasteiger partial charge in [0.25, 0.3) is 5.56 Å². The monoisotopic (exact) mass is 204 g/mol. The third-order valence-electron chi connectivity index (χ3n) is 1.23. The number of ether oxygens (including phenoxy) is 1. The summed E-state index contributed by atoms with van der Waals surface area (Å²) in [5.41, 5.74) is -1.50. The molecule has 0 saturated heterocycles. The van der Waals surface area contributed by atoms with Gasteiger partial charge in [-0.25, -0.2) is 9.18 Å². The molecule has 0 aliphatic rings. The van der Waals surface area contributed by atoms with Crippen LogP contribution in [0.15, 0.2) is 24.3 Å². The highest BCUT2D eigenvalue weighted by atomic mass is 35.5. The smallest absolute Gasteiger partial charge is 0.360 e. The van der Waals surface area contributed by atoms with Crippen LogP contribution in [-0.4, -0.2) is 16.6 Å². The van der Waals surface area contributed by atoms with Crippen molar-refractivity contribution >= 4 is 17.6 Å². The second-order valence-corrected chi connectivity index (χ2v) is 2.63. The first-order chi connectivity index (χ1) is 6.09. The van der Waals surface area contributed by atoms with E-state index in [0.29, 0.717) is 0 Å². The Balaban J connectivity index is 2.69. The van der Waals surface area contributed by atoms with Crippen LogP contribution >= 0.6 is 11.6 Å². The van der Waals surface area contributed by atoms with Crippen LogP contribution in [0.3, 0.4) is 0 Å². The van der Waals surface area contributed by atoms with Crippen molar-refractivity contribution in [2.75, 3.05) is 0 Å². The molecule has 3 nitrogen and oxygen atoms in total. The average molecular weight is 205 g/mol. The maximum atomic E-state index is 12.5. The van der Waals surface area contributed by atoms with E-state index >= 15 is 0 Å². The lowest BCUT2D eigenvalue weighted by atomic mass is 10.3. The highest BCUT2D eigenvalue weighted by molar-refractivity contribution is 6.28. The number of aliphatic carboxylic acids is 1. The molecule has 5 heteroatoms. The lowest BCUT2D eigenvalue weighted by Crippen LogP contribution is -2.20. The number of alkyl halides is 1. The van der Waals surface area contributed by atoms with Gasteiger partial charge in [0.15, 0.2) is 0 Å². The van der Waals surface area contributed by atoms with Crippen LogP contribution in [0.25, 0.3) is 0 Å². The minimum absolute atomic E-state index is 0.0856. The Hall–Kier alpha value is -1.29. The Kier molecular flexibility index (Phi) is 3.08. The molecular weight excluding hydrogens is 199 g/mol. The maximum Gasteiger partial charge on any atom is 0.360 e. The molecule has 0 saturated carbocycles. The zero-order valence-electron chi connectivity index (χ0n) is 6.41. The summed E-state index contributed by atoms with van der Waals surface area (Å²) < 4.78 is 17.2. The van der Waals surface area contributed by atoms with Crippen molar-refractivity contribution in [2.24, 2.45) is 0 Å². The molecule has 0 aliphatic carbocycles. The predicted molar refractivity (Wildman–Crippen MR) is 44.3 cm³/mol. The van der Waals surface area contributed by atoms with Crippen molar-refractivity contribution in [2.45, 2.75) is 5.56 Å². The lowest BCUT2D eigenvalue weighted by molar-refractivity contribution is -0.141. The van der Waals surface area contributed by atoms with Crippen molar-refractivity contribution in [1.82, 2.24) is 0 Å². The molecule has 1 atom stereocenters. The van der Waals surface area contributed by atoms with Gasteiger partial charge < -0.3 is 9.84 Å². The van der Waals surface area contributed by atoms with Crippen LogP contribution in [-0.2, 0) is 4.79 Å². The van der Waals surface area contributed by atoms with Crippen molar-refractivity contribution < 1.29 is 19.0 Å². The second kappa shape index (κ2) is 4.09. The van der Waals surface area contributed by atoms with E-state index in [0.717, 1.165) is 6.07 Å². The topological polar surface area (TPSA) is 46.5 Å². The van der Waals surface area contributed by atoms with Crippen LogP contribution in [0.1, 0.15) is 0 Å². The Morgan fingerprint density at radius 1 is 1.62 bits per heavy atom. The molecule has 1 aromatic rings. The Morgan fingerprint density at radius 3 is 2.85 bits per heavy atom. The molecule has 0 spiro atoms. The molecule has 0 radical (unpaired) electrons. The molecule has 1 N–H and O–H groups in total. The second-order valence-electron chi connectivity index (χ2n) is 2.23. The van der Waals surface area contributed by atoms with Gasteiger partial charge in [-0.2, -0.15) is 0 Å². The molecule has 0 bridgehead atoms. The fourth-order valence-corrected chi connectivity index (χ4v) is 0.813. The van der Waals surface area contributed by atoms with E-state index in [2.05, 4.69) is 4.74 Å². The lowest BCUT2D eigenvalue weighted by Gasteiger charge is -2.07. The van der Waals surface area contributed by atoms with Crippen molar-refractivity contribution in [3.63, 3.8) is 0 Å². The van der Waals surface area contributed by atoms with Gasteiger partial charge in [-0.1, -0.05) is 17.7 Å². The number of halogens is 2. The summed E-state index contributed by atoms with van der Waals surface area (Å²) in [5.74, 6) is -1.74. The van der Waals surface area contributed by atoms with Gasteiger partial charge in [0.2, 0.25) is 0 Å². The van der Waals surface area contributed by atoms with Gasteiger partial charge >= 0.3 is 5.97 Å². The summed E-state index contributed by atoms with van der Waals surface area (Å²) in [6.07, 6.45) is 0. The third kappa shape index (κ3) is 2.91. The Labute approximate surface area is 78.7 Å². The average Bonchev–Trinajstić information content (AvgIpc) is 2.04. The maximum absolute atomic E-state index is 12.5. The zero-order valence-corrected chi connectivity index (χ0v) is 7.16. The number of benzene rings is 1. The van der Waals surface area contributed by atoms with Crippen molar-refractivity contribution in [1.29, 1.82) is 0 Å². The summed E-state index contributed by atoms with van der Waals surface area (Å²) in [6.45, 7) is 0.